The van der Waals surface area contributed by atoms with Gasteiger partial charge in [0.25, 0.3) is 0 Å². The second kappa shape index (κ2) is 7.10. The molecular weight excluding hydrogens is 310 g/mol. The number of aliphatic hydroxyl groups is 1. The molecule has 0 radical (unpaired) electrons. The average Bonchev–Trinajstić information content (AvgIpc) is 3.12. The van der Waals surface area contributed by atoms with Crippen LogP contribution in [0.1, 0.15) is 41.6 Å². The number of hydrogen-bond donors (Lipinski definition) is 2. The molecular formula is C17H21N3O2S. The molecule has 1 aliphatic heterocycles. The Kier molecular flexibility index (Phi) is 4.93. The summed E-state index contributed by atoms with van der Waals surface area (Å²) < 4.78 is 0. The first-order valence-electron chi connectivity index (χ1n) is 7.89. The lowest BCUT2D eigenvalue weighted by molar-refractivity contribution is 0.124. The molecule has 0 unspecified atom stereocenters. The first-order chi connectivity index (χ1) is 11.2. The highest BCUT2D eigenvalue weighted by Gasteiger charge is 2.31. The van der Waals surface area contributed by atoms with Crippen LogP contribution in [-0.4, -0.2) is 34.2 Å². The summed E-state index contributed by atoms with van der Waals surface area (Å²) in [4.78, 5) is 18.8. The Morgan fingerprint density at radius 2 is 2.35 bits per heavy atom. The quantitative estimate of drug-likeness (QED) is 0.905. The molecule has 0 fully saturated rings. The number of urea groups is 1. The van der Waals surface area contributed by atoms with Crippen molar-refractivity contribution in [3.8, 4) is 0 Å². The minimum absolute atomic E-state index is 0.0710. The van der Waals surface area contributed by atoms with Crippen molar-refractivity contribution in [2.45, 2.75) is 31.8 Å². The van der Waals surface area contributed by atoms with E-state index in [0.29, 0.717) is 6.54 Å². The largest absolute Gasteiger partial charge is 0.394 e. The molecule has 2 amide bonds. The minimum Gasteiger partial charge on any atom is -0.394 e. The highest BCUT2D eigenvalue weighted by Crippen LogP contribution is 2.30. The Balaban J connectivity index is 1.77. The number of carbonyl (C=O) groups excluding carboxylic acids is 1. The van der Waals surface area contributed by atoms with Crippen LogP contribution >= 0.6 is 11.3 Å². The third-order valence-electron chi connectivity index (χ3n) is 4.30. The van der Waals surface area contributed by atoms with E-state index in [2.05, 4.69) is 16.4 Å². The highest BCUT2D eigenvalue weighted by molar-refractivity contribution is 7.09. The van der Waals surface area contributed by atoms with Gasteiger partial charge >= 0.3 is 6.03 Å². The predicted octanol–water partition coefficient (Wildman–Crippen LogP) is 2.90. The summed E-state index contributed by atoms with van der Waals surface area (Å²) >= 11 is 1.55. The Morgan fingerprint density at radius 1 is 1.52 bits per heavy atom. The summed E-state index contributed by atoms with van der Waals surface area (Å²) in [5, 5.41) is 15.7. The summed E-state index contributed by atoms with van der Waals surface area (Å²) in [5.74, 6) is 0. The van der Waals surface area contributed by atoms with Crippen LogP contribution in [0, 0.1) is 0 Å². The van der Waals surface area contributed by atoms with Crippen LogP contribution in [-0.2, 0) is 6.42 Å². The van der Waals surface area contributed by atoms with Crippen molar-refractivity contribution in [1.29, 1.82) is 0 Å². The number of aromatic nitrogens is 1. The number of rotatable bonds is 4. The van der Waals surface area contributed by atoms with E-state index in [1.165, 1.54) is 5.56 Å². The van der Waals surface area contributed by atoms with Crippen molar-refractivity contribution in [3.05, 3.63) is 52.0 Å². The second-order valence-electron chi connectivity index (χ2n) is 5.62. The number of hydrogen-bond acceptors (Lipinski definition) is 4. The molecule has 1 aliphatic rings. The van der Waals surface area contributed by atoms with E-state index in [9.17, 15) is 9.90 Å². The lowest BCUT2D eigenvalue weighted by Gasteiger charge is -2.37. The third kappa shape index (κ3) is 3.23. The summed E-state index contributed by atoms with van der Waals surface area (Å²) in [7, 11) is 0. The molecule has 1 aromatic heterocycles. The summed E-state index contributed by atoms with van der Waals surface area (Å²) in [5.41, 5.74) is 2.25. The summed E-state index contributed by atoms with van der Waals surface area (Å²) in [6, 6.07) is 7.51. The molecule has 122 valence electrons. The van der Waals surface area contributed by atoms with Crippen LogP contribution in [0.4, 0.5) is 4.79 Å². The lowest BCUT2D eigenvalue weighted by atomic mass is 9.93. The van der Waals surface area contributed by atoms with Crippen molar-refractivity contribution in [2.75, 3.05) is 13.2 Å². The number of benzene rings is 1. The molecule has 0 spiro atoms. The van der Waals surface area contributed by atoms with Gasteiger partial charge in [-0.15, -0.1) is 11.3 Å². The van der Waals surface area contributed by atoms with Crippen LogP contribution in [0.5, 0.6) is 0 Å². The van der Waals surface area contributed by atoms with Crippen molar-refractivity contribution >= 4 is 17.4 Å². The van der Waals surface area contributed by atoms with Gasteiger partial charge in [-0.1, -0.05) is 31.2 Å². The van der Waals surface area contributed by atoms with Gasteiger partial charge in [0.05, 0.1) is 18.7 Å². The maximum atomic E-state index is 12.7. The van der Waals surface area contributed by atoms with Crippen molar-refractivity contribution in [3.63, 3.8) is 0 Å². The number of thiazole rings is 1. The number of aliphatic hydroxyl groups excluding tert-OH is 1. The molecule has 1 aromatic carbocycles. The third-order valence-corrected chi connectivity index (χ3v) is 5.19. The zero-order valence-corrected chi connectivity index (χ0v) is 13.9. The molecule has 2 atom stereocenters. The maximum absolute atomic E-state index is 12.7. The number of nitrogens with zero attached hydrogens (tertiary/aromatic N) is 2. The predicted molar refractivity (Wildman–Crippen MR) is 90.4 cm³/mol. The minimum atomic E-state index is -0.284. The molecule has 5 nitrogen and oxygen atoms in total. The number of amides is 2. The van der Waals surface area contributed by atoms with Gasteiger partial charge in [-0.05, 0) is 24.0 Å². The SMILES string of the molecule is CC[C@@H](NC(=O)N1CCc2ccccc2[C@H]1CO)c1nccs1. The van der Waals surface area contributed by atoms with Crippen molar-refractivity contribution in [2.24, 2.45) is 0 Å². The van der Waals surface area contributed by atoms with Crippen LogP contribution < -0.4 is 5.32 Å². The monoisotopic (exact) mass is 331 g/mol. The topological polar surface area (TPSA) is 65.5 Å². The smallest absolute Gasteiger partial charge is 0.318 e. The molecule has 0 aliphatic carbocycles. The Bertz CT molecular complexity index is 660. The number of carbonyl (C=O) groups is 1. The van der Waals surface area contributed by atoms with Gasteiger partial charge in [-0.25, -0.2) is 9.78 Å². The Morgan fingerprint density at radius 3 is 3.04 bits per heavy atom. The van der Waals surface area contributed by atoms with Gasteiger partial charge in [-0.2, -0.15) is 0 Å². The molecule has 0 saturated carbocycles. The molecule has 6 heteroatoms. The first kappa shape index (κ1) is 16.0. The normalized spacial score (nSPS) is 18.3. The van der Waals surface area contributed by atoms with E-state index in [0.717, 1.165) is 23.4 Å². The first-order valence-corrected chi connectivity index (χ1v) is 8.77. The fourth-order valence-corrected chi connectivity index (χ4v) is 3.84. The summed E-state index contributed by atoms with van der Waals surface area (Å²) in [6.07, 6.45) is 3.35. The zero-order chi connectivity index (χ0) is 16.2. The zero-order valence-electron chi connectivity index (χ0n) is 13.1. The maximum Gasteiger partial charge on any atom is 0.318 e. The van der Waals surface area contributed by atoms with Crippen LogP contribution in [0.25, 0.3) is 0 Å². The van der Waals surface area contributed by atoms with E-state index >= 15 is 0 Å². The van der Waals surface area contributed by atoms with Gasteiger partial charge in [0.1, 0.15) is 5.01 Å². The van der Waals surface area contributed by atoms with Gasteiger partial charge in [0.2, 0.25) is 0 Å². The van der Waals surface area contributed by atoms with Crippen LogP contribution in [0.15, 0.2) is 35.8 Å². The molecule has 0 bridgehead atoms. The van der Waals surface area contributed by atoms with Crippen LogP contribution in [0.3, 0.4) is 0 Å². The molecule has 2 aromatic rings. The molecule has 3 rings (SSSR count). The standard InChI is InChI=1S/C17H21N3O2S/c1-2-14(16-18-8-10-23-16)19-17(22)20-9-7-12-5-3-4-6-13(12)15(20)11-21/h3-6,8,10,14-15,21H,2,7,9,11H2,1H3,(H,19,22)/t14-,15-/m1/s1. The molecule has 2 N–H and O–H groups in total. The van der Waals surface area contributed by atoms with E-state index in [1.807, 2.05) is 30.5 Å². The number of nitrogens with one attached hydrogen (secondary N) is 1. The highest BCUT2D eigenvalue weighted by atomic mass is 32.1. The van der Waals surface area contributed by atoms with E-state index in [4.69, 9.17) is 0 Å². The fourth-order valence-electron chi connectivity index (χ4n) is 3.07. The van der Waals surface area contributed by atoms with E-state index in [-0.39, 0.29) is 24.7 Å². The molecule has 2 heterocycles. The van der Waals surface area contributed by atoms with Gasteiger partial charge in [-0.3, -0.25) is 0 Å². The van der Waals surface area contributed by atoms with Crippen molar-refractivity contribution < 1.29 is 9.90 Å². The Labute approximate surface area is 140 Å². The van der Waals surface area contributed by atoms with Gasteiger partial charge < -0.3 is 15.3 Å². The fraction of sp³-hybridized carbons (Fsp3) is 0.412. The molecule has 23 heavy (non-hydrogen) atoms. The molecule has 0 saturated heterocycles. The van der Waals surface area contributed by atoms with Gasteiger partial charge in [0.15, 0.2) is 0 Å². The van der Waals surface area contributed by atoms with E-state index in [1.54, 1.807) is 22.4 Å². The van der Waals surface area contributed by atoms with E-state index < -0.39 is 0 Å². The second-order valence-corrected chi connectivity index (χ2v) is 6.55. The van der Waals surface area contributed by atoms with Crippen molar-refractivity contribution in [1.82, 2.24) is 15.2 Å². The average molecular weight is 331 g/mol. The summed E-state index contributed by atoms with van der Waals surface area (Å²) in [6.45, 7) is 2.57. The Hall–Kier alpha value is -1.92. The number of fused-ring (bicyclic) bond motifs is 1. The van der Waals surface area contributed by atoms with Crippen LogP contribution in [0.2, 0.25) is 0 Å². The lowest BCUT2D eigenvalue weighted by Crippen LogP contribution is -2.47. The van der Waals surface area contributed by atoms with Gasteiger partial charge in [0, 0.05) is 18.1 Å².